The molecule has 1 aliphatic rings. The van der Waals surface area contributed by atoms with Gasteiger partial charge in [0.2, 0.25) is 0 Å². The molecule has 1 aliphatic carbocycles. The van der Waals surface area contributed by atoms with Crippen LogP contribution in [0.1, 0.15) is 18.4 Å². The van der Waals surface area contributed by atoms with Crippen molar-refractivity contribution in [3.05, 3.63) is 36.0 Å². The lowest BCUT2D eigenvalue weighted by Crippen LogP contribution is -2.01. The van der Waals surface area contributed by atoms with E-state index in [9.17, 15) is 0 Å². The van der Waals surface area contributed by atoms with Gasteiger partial charge in [-0.05, 0) is 42.0 Å². The van der Waals surface area contributed by atoms with Gasteiger partial charge in [0.05, 0.1) is 11.5 Å². The monoisotopic (exact) mass is 182 g/mol. The lowest BCUT2D eigenvalue weighted by molar-refractivity contribution is 0.911. The second kappa shape index (κ2) is 2.39. The third kappa shape index (κ3) is 0.898. The maximum absolute atomic E-state index is 9.07. The zero-order valence-corrected chi connectivity index (χ0v) is 7.75. The second-order valence-electron chi connectivity index (χ2n) is 3.97. The molecule has 0 amide bonds. The minimum absolute atomic E-state index is 0.161. The highest BCUT2D eigenvalue weighted by Gasteiger charge is 2.44. The van der Waals surface area contributed by atoms with Crippen LogP contribution in [0.15, 0.2) is 30.5 Å². The van der Waals surface area contributed by atoms with Crippen molar-refractivity contribution >= 4 is 10.9 Å². The summed E-state index contributed by atoms with van der Waals surface area (Å²) in [5.74, 6) is 0. The summed E-state index contributed by atoms with van der Waals surface area (Å²) in [6, 6.07) is 10.7. The van der Waals surface area contributed by atoms with Crippen LogP contribution < -0.4 is 0 Å². The molecule has 0 aliphatic heterocycles. The average Bonchev–Trinajstić information content (AvgIpc) is 2.89. The largest absolute Gasteiger partial charge is 0.361 e. The van der Waals surface area contributed by atoms with Gasteiger partial charge in [0.25, 0.3) is 0 Å². The predicted molar refractivity (Wildman–Crippen MR) is 54.8 cm³/mol. The number of aromatic nitrogens is 1. The third-order valence-corrected chi connectivity index (χ3v) is 3.07. The van der Waals surface area contributed by atoms with Crippen LogP contribution in [0.5, 0.6) is 0 Å². The first-order valence-corrected chi connectivity index (χ1v) is 4.83. The molecule has 68 valence electrons. The molecule has 14 heavy (non-hydrogen) atoms. The zero-order chi connectivity index (χ0) is 9.60. The molecule has 2 aromatic rings. The van der Waals surface area contributed by atoms with E-state index in [1.54, 1.807) is 0 Å². The Hall–Kier alpha value is -1.75. The summed E-state index contributed by atoms with van der Waals surface area (Å²) >= 11 is 0. The van der Waals surface area contributed by atoms with E-state index in [2.05, 4.69) is 29.3 Å². The Morgan fingerprint density at radius 1 is 1.29 bits per heavy atom. The van der Waals surface area contributed by atoms with Gasteiger partial charge >= 0.3 is 0 Å². The molecule has 1 fully saturated rings. The standard InChI is InChI=1S/C12H10N2/c13-8-12(4-5-12)10-1-2-11-9(7-10)3-6-14-11/h1-3,6-7,14H,4-5H2. The van der Waals surface area contributed by atoms with E-state index in [-0.39, 0.29) is 5.41 Å². The van der Waals surface area contributed by atoms with E-state index in [0.29, 0.717) is 0 Å². The van der Waals surface area contributed by atoms with E-state index in [0.717, 1.165) is 18.4 Å². The lowest BCUT2D eigenvalue weighted by Gasteiger charge is -2.05. The number of hydrogen-bond donors (Lipinski definition) is 1. The maximum atomic E-state index is 9.07. The molecule has 1 heterocycles. The number of rotatable bonds is 1. The third-order valence-electron chi connectivity index (χ3n) is 3.07. The summed E-state index contributed by atoms with van der Waals surface area (Å²) < 4.78 is 0. The number of hydrogen-bond acceptors (Lipinski definition) is 1. The minimum atomic E-state index is -0.161. The Bertz CT molecular complexity index is 526. The number of aromatic amines is 1. The molecule has 2 heteroatoms. The SMILES string of the molecule is N#CC1(c2ccc3[nH]ccc3c2)CC1. The van der Waals surface area contributed by atoms with Gasteiger partial charge in [0.1, 0.15) is 0 Å². The molecular formula is C12H10N2. The van der Waals surface area contributed by atoms with Crippen molar-refractivity contribution in [3.63, 3.8) is 0 Å². The van der Waals surface area contributed by atoms with Crippen molar-refractivity contribution in [2.75, 3.05) is 0 Å². The van der Waals surface area contributed by atoms with Crippen LogP contribution in [0.4, 0.5) is 0 Å². The average molecular weight is 182 g/mol. The van der Waals surface area contributed by atoms with Crippen LogP contribution in [0.2, 0.25) is 0 Å². The van der Waals surface area contributed by atoms with Crippen LogP contribution >= 0.6 is 0 Å². The van der Waals surface area contributed by atoms with Crippen LogP contribution in [-0.2, 0) is 5.41 Å². The Morgan fingerprint density at radius 2 is 2.14 bits per heavy atom. The van der Waals surface area contributed by atoms with Crippen molar-refractivity contribution in [3.8, 4) is 6.07 Å². The molecule has 1 N–H and O–H groups in total. The van der Waals surface area contributed by atoms with Gasteiger partial charge in [-0.15, -0.1) is 0 Å². The summed E-state index contributed by atoms with van der Waals surface area (Å²) in [6.07, 6.45) is 3.96. The van der Waals surface area contributed by atoms with E-state index >= 15 is 0 Å². The highest BCUT2D eigenvalue weighted by atomic mass is 14.7. The normalized spacial score (nSPS) is 17.9. The van der Waals surface area contributed by atoms with Gasteiger partial charge < -0.3 is 4.98 Å². The summed E-state index contributed by atoms with van der Waals surface area (Å²) in [6.45, 7) is 0. The maximum Gasteiger partial charge on any atom is 0.0824 e. The van der Waals surface area contributed by atoms with Crippen molar-refractivity contribution in [2.45, 2.75) is 18.3 Å². The first-order chi connectivity index (χ1) is 6.84. The molecule has 1 saturated carbocycles. The first kappa shape index (κ1) is 7.64. The molecule has 2 nitrogen and oxygen atoms in total. The van der Waals surface area contributed by atoms with Crippen LogP contribution in [0.3, 0.4) is 0 Å². The molecular weight excluding hydrogens is 172 g/mol. The van der Waals surface area contributed by atoms with Gasteiger partial charge in [-0.25, -0.2) is 0 Å². The Kier molecular flexibility index (Phi) is 1.30. The fraction of sp³-hybridized carbons (Fsp3) is 0.250. The van der Waals surface area contributed by atoms with Gasteiger partial charge in [0.15, 0.2) is 0 Å². The molecule has 0 unspecified atom stereocenters. The smallest absolute Gasteiger partial charge is 0.0824 e. The minimum Gasteiger partial charge on any atom is -0.361 e. The Morgan fingerprint density at radius 3 is 2.86 bits per heavy atom. The van der Waals surface area contributed by atoms with E-state index in [1.165, 1.54) is 10.9 Å². The van der Waals surface area contributed by atoms with Crippen LogP contribution in [0.25, 0.3) is 10.9 Å². The van der Waals surface area contributed by atoms with Crippen molar-refractivity contribution in [2.24, 2.45) is 0 Å². The molecule has 1 aromatic carbocycles. The molecule has 0 radical (unpaired) electrons. The fourth-order valence-corrected chi connectivity index (χ4v) is 1.94. The number of fused-ring (bicyclic) bond motifs is 1. The molecule has 0 bridgehead atoms. The summed E-state index contributed by atoms with van der Waals surface area (Å²) in [7, 11) is 0. The van der Waals surface area contributed by atoms with Crippen molar-refractivity contribution in [1.82, 2.24) is 4.98 Å². The number of nitrogens with zero attached hydrogens (tertiary/aromatic N) is 1. The number of H-pyrrole nitrogens is 1. The molecule has 0 atom stereocenters. The first-order valence-electron chi connectivity index (χ1n) is 4.83. The lowest BCUT2D eigenvalue weighted by atomic mass is 9.97. The van der Waals surface area contributed by atoms with Gasteiger partial charge in [0, 0.05) is 11.7 Å². The quantitative estimate of drug-likeness (QED) is 0.723. The topological polar surface area (TPSA) is 39.6 Å². The number of benzene rings is 1. The highest BCUT2D eigenvalue weighted by Crippen LogP contribution is 2.47. The highest BCUT2D eigenvalue weighted by molar-refractivity contribution is 5.80. The molecule has 0 spiro atoms. The van der Waals surface area contributed by atoms with E-state index in [1.807, 2.05) is 12.3 Å². The molecule has 3 rings (SSSR count). The van der Waals surface area contributed by atoms with E-state index in [4.69, 9.17) is 5.26 Å². The van der Waals surface area contributed by atoms with Crippen molar-refractivity contribution < 1.29 is 0 Å². The van der Waals surface area contributed by atoms with Gasteiger partial charge in [-0.3, -0.25) is 0 Å². The predicted octanol–water partition coefficient (Wildman–Crippen LogP) is 2.72. The second-order valence-corrected chi connectivity index (χ2v) is 3.97. The number of nitriles is 1. The van der Waals surface area contributed by atoms with Gasteiger partial charge in [-0.1, -0.05) is 6.07 Å². The Labute approximate surface area is 82.2 Å². The summed E-state index contributed by atoms with van der Waals surface area (Å²) in [4.78, 5) is 3.15. The summed E-state index contributed by atoms with van der Waals surface area (Å²) in [5.41, 5.74) is 2.15. The zero-order valence-electron chi connectivity index (χ0n) is 7.75. The van der Waals surface area contributed by atoms with Crippen LogP contribution in [-0.4, -0.2) is 4.98 Å². The van der Waals surface area contributed by atoms with E-state index < -0.39 is 0 Å². The fourth-order valence-electron chi connectivity index (χ4n) is 1.94. The van der Waals surface area contributed by atoms with Crippen molar-refractivity contribution in [1.29, 1.82) is 5.26 Å². The Balaban J connectivity index is 2.19. The van der Waals surface area contributed by atoms with Crippen LogP contribution in [0, 0.1) is 11.3 Å². The summed E-state index contributed by atoms with van der Waals surface area (Å²) in [5, 5.41) is 10.3. The molecule has 0 saturated heterocycles. The van der Waals surface area contributed by atoms with Gasteiger partial charge in [-0.2, -0.15) is 5.26 Å². The number of nitrogens with one attached hydrogen (secondary N) is 1. The molecule has 1 aromatic heterocycles.